The summed E-state index contributed by atoms with van der Waals surface area (Å²) in [6.07, 6.45) is 5.14. The van der Waals surface area contributed by atoms with Crippen LogP contribution in [-0.2, 0) is 24.0 Å². The zero-order chi connectivity index (χ0) is 23.5. The molecule has 0 aliphatic rings. The van der Waals surface area contributed by atoms with Crippen molar-refractivity contribution in [1.82, 2.24) is 20.9 Å². The number of carbonyl (C=O) groups is 5. The molecule has 178 valence electrons. The molecule has 0 atom stereocenters. The van der Waals surface area contributed by atoms with Crippen LogP contribution < -0.4 is 16.0 Å². The number of nitrogens with one attached hydrogen (secondary N) is 3. The van der Waals surface area contributed by atoms with Crippen molar-refractivity contribution in [3.63, 3.8) is 0 Å². The van der Waals surface area contributed by atoms with E-state index in [4.69, 9.17) is 5.11 Å². The average Bonchev–Trinajstić information content (AvgIpc) is 2.71. The van der Waals surface area contributed by atoms with Gasteiger partial charge in [0, 0.05) is 59.4 Å². The quantitative estimate of drug-likeness (QED) is 0.231. The Morgan fingerprint density at radius 3 is 1.65 bits per heavy atom. The van der Waals surface area contributed by atoms with E-state index in [-0.39, 0.29) is 49.3 Å². The lowest BCUT2D eigenvalue weighted by Crippen LogP contribution is -2.29. The third-order valence-corrected chi connectivity index (χ3v) is 4.60. The molecule has 10 heteroatoms. The van der Waals surface area contributed by atoms with Gasteiger partial charge in [0.05, 0.1) is 6.42 Å². The van der Waals surface area contributed by atoms with Crippen LogP contribution >= 0.6 is 0 Å². The smallest absolute Gasteiger partial charge is 0.303 e. The largest absolute Gasteiger partial charge is 0.481 e. The molecule has 0 radical (unpaired) electrons. The Balaban J connectivity index is 3.56. The number of carboxylic acid groups (broad SMARTS) is 1. The molecule has 31 heavy (non-hydrogen) atoms. The molecule has 10 nitrogen and oxygen atoms in total. The van der Waals surface area contributed by atoms with Crippen LogP contribution in [0.25, 0.3) is 0 Å². The lowest BCUT2D eigenvalue weighted by atomic mass is 10.2. The average molecular weight is 443 g/mol. The molecule has 0 spiro atoms. The third kappa shape index (κ3) is 19.1. The third-order valence-electron chi connectivity index (χ3n) is 4.60. The fourth-order valence-electron chi connectivity index (χ4n) is 2.73. The van der Waals surface area contributed by atoms with Gasteiger partial charge in [-0.05, 0) is 38.5 Å². The SMILES string of the molecule is CC(=O)NCCCCCNC(=O)CCC(=O)NCCCCCN(C)C(=O)CCC(=O)O. The van der Waals surface area contributed by atoms with Gasteiger partial charge in [0.2, 0.25) is 23.6 Å². The summed E-state index contributed by atoms with van der Waals surface area (Å²) in [6.45, 7) is 3.76. The van der Waals surface area contributed by atoms with Crippen LogP contribution in [0.5, 0.6) is 0 Å². The summed E-state index contributed by atoms with van der Waals surface area (Å²) in [5.41, 5.74) is 0. The number of carbonyl (C=O) groups excluding carboxylic acids is 4. The Morgan fingerprint density at radius 2 is 1.16 bits per heavy atom. The van der Waals surface area contributed by atoms with E-state index in [1.54, 1.807) is 7.05 Å². The summed E-state index contributed by atoms with van der Waals surface area (Å²) in [7, 11) is 1.66. The number of carboxylic acids is 1. The van der Waals surface area contributed by atoms with Gasteiger partial charge in [-0.25, -0.2) is 0 Å². The highest BCUT2D eigenvalue weighted by atomic mass is 16.4. The molecule has 0 bridgehead atoms. The summed E-state index contributed by atoms with van der Waals surface area (Å²) in [5.74, 6) is -1.51. The van der Waals surface area contributed by atoms with Crippen LogP contribution in [0.3, 0.4) is 0 Å². The molecule has 0 aromatic rings. The Kier molecular flexibility index (Phi) is 16.6. The van der Waals surface area contributed by atoms with E-state index < -0.39 is 5.97 Å². The van der Waals surface area contributed by atoms with E-state index in [0.717, 1.165) is 38.5 Å². The first-order chi connectivity index (χ1) is 14.7. The van der Waals surface area contributed by atoms with Crippen molar-refractivity contribution in [2.24, 2.45) is 0 Å². The van der Waals surface area contributed by atoms with Crippen LogP contribution in [0.15, 0.2) is 0 Å². The van der Waals surface area contributed by atoms with E-state index in [1.165, 1.54) is 11.8 Å². The predicted molar refractivity (Wildman–Crippen MR) is 116 cm³/mol. The van der Waals surface area contributed by atoms with Crippen LogP contribution in [0, 0.1) is 0 Å². The van der Waals surface area contributed by atoms with Crippen LogP contribution in [0.4, 0.5) is 0 Å². The Labute approximate surface area is 184 Å². The van der Waals surface area contributed by atoms with Gasteiger partial charge in [-0.1, -0.05) is 0 Å². The van der Waals surface area contributed by atoms with Crippen molar-refractivity contribution >= 4 is 29.6 Å². The Bertz CT molecular complexity index is 582. The summed E-state index contributed by atoms with van der Waals surface area (Å²) in [5, 5.41) is 16.9. The summed E-state index contributed by atoms with van der Waals surface area (Å²) in [4.78, 5) is 57.9. The summed E-state index contributed by atoms with van der Waals surface area (Å²) < 4.78 is 0. The van der Waals surface area contributed by atoms with E-state index in [2.05, 4.69) is 16.0 Å². The molecule has 0 aromatic carbocycles. The Morgan fingerprint density at radius 1 is 0.677 bits per heavy atom. The summed E-state index contributed by atoms with van der Waals surface area (Å²) >= 11 is 0. The van der Waals surface area contributed by atoms with E-state index >= 15 is 0 Å². The maximum Gasteiger partial charge on any atom is 0.303 e. The molecule has 4 amide bonds. The molecule has 0 saturated carbocycles. The number of hydrogen-bond donors (Lipinski definition) is 4. The molecule has 0 saturated heterocycles. The maximum absolute atomic E-state index is 11.8. The van der Waals surface area contributed by atoms with Crippen molar-refractivity contribution in [1.29, 1.82) is 0 Å². The van der Waals surface area contributed by atoms with Crippen molar-refractivity contribution in [2.45, 2.75) is 71.1 Å². The van der Waals surface area contributed by atoms with Crippen LogP contribution in [0.1, 0.15) is 71.1 Å². The van der Waals surface area contributed by atoms with Gasteiger partial charge in [-0.3, -0.25) is 24.0 Å². The normalized spacial score (nSPS) is 10.3. The lowest BCUT2D eigenvalue weighted by molar-refractivity contribution is -0.140. The maximum atomic E-state index is 11.8. The van der Waals surface area contributed by atoms with Crippen LogP contribution in [0.2, 0.25) is 0 Å². The number of unbranched alkanes of at least 4 members (excludes halogenated alkanes) is 4. The molecule has 0 heterocycles. The van der Waals surface area contributed by atoms with Crippen molar-refractivity contribution in [3.05, 3.63) is 0 Å². The Hall–Kier alpha value is -2.65. The second kappa shape index (κ2) is 18.1. The second-order valence-electron chi connectivity index (χ2n) is 7.51. The second-order valence-corrected chi connectivity index (χ2v) is 7.51. The number of rotatable bonds is 18. The fraction of sp³-hybridized carbons (Fsp3) is 0.762. The van der Waals surface area contributed by atoms with E-state index in [0.29, 0.717) is 26.2 Å². The predicted octanol–water partition coefficient (Wildman–Crippen LogP) is 0.799. The molecular formula is C21H38N4O6. The van der Waals surface area contributed by atoms with Gasteiger partial charge in [0.1, 0.15) is 0 Å². The molecule has 0 aliphatic heterocycles. The first-order valence-corrected chi connectivity index (χ1v) is 11.0. The molecule has 4 N–H and O–H groups in total. The molecule has 0 aliphatic carbocycles. The monoisotopic (exact) mass is 442 g/mol. The minimum Gasteiger partial charge on any atom is -0.481 e. The topological polar surface area (TPSA) is 145 Å². The standard InChI is InChI=1S/C21H38N4O6/c1-17(26)22-13-5-3-6-14-23-18(27)9-10-19(28)24-15-7-4-8-16-25(2)20(29)11-12-21(30)31/h3-16H2,1-2H3,(H,22,26)(H,23,27)(H,24,28)(H,30,31). The minimum absolute atomic E-state index is 0.00801. The van der Waals surface area contributed by atoms with Crippen molar-refractivity contribution < 1.29 is 29.1 Å². The first kappa shape index (κ1) is 28.4. The summed E-state index contributed by atoms with van der Waals surface area (Å²) in [6, 6.07) is 0. The highest BCUT2D eigenvalue weighted by molar-refractivity contribution is 5.83. The van der Waals surface area contributed by atoms with Gasteiger partial charge in [-0.2, -0.15) is 0 Å². The highest BCUT2D eigenvalue weighted by Crippen LogP contribution is 2.01. The number of hydrogen-bond acceptors (Lipinski definition) is 5. The molecule has 0 fully saturated rings. The highest BCUT2D eigenvalue weighted by Gasteiger charge is 2.10. The lowest BCUT2D eigenvalue weighted by Gasteiger charge is -2.16. The molecule has 0 rings (SSSR count). The van der Waals surface area contributed by atoms with E-state index in [1.807, 2.05) is 0 Å². The number of nitrogens with zero attached hydrogens (tertiary/aromatic N) is 1. The van der Waals surface area contributed by atoms with Crippen molar-refractivity contribution in [3.8, 4) is 0 Å². The first-order valence-electron chi connectivity index (χ1n) is 11.0. The van der Waals surface area contributed by atoms with Gasteiger partial charge in [0.25, 0.3) is 0 Å². The fourth-order valence-corrected chi connectivity index (χ4v) is 2.73. The van der Waals surface area contributed by atoms with Gasteiger partial charge >= 0.3 is 5.97 Å². The van der Waals surface area contributed by atoms with E-state index in [9.17, 15) is 24.0 Å². The number of amides is 4. The van der Waals surface area contributed by atoms with Gasteiger partial charge < -0.3 is 26.0 Å². The minimum atomic E-state index is -0.981. The zero-order valence-electron chi connectivity index (χ0n) is 18.8. The number of aliphatic carboxylic acids is 1. The molecular weight excluding hydrogens is 404 g/mol. The van der Waals surface area contributed by atoms with Crippen molar-refractivity contribution in [2.75, 3.05) is 33.2 Å². The molecule has 0 unspecified atom stereocenters. The zero-order valence-corrected chi connectivity index (χ0v) is 18.8. The van der Waals surface area contributed by atoms with Gasteiger partial charge in [-0.15, -0.1) is 0 Å². The molecule has 0 aromatic heterocycles. The van der Waals surface area contributed by atoms with Crippen LogP contribution in [-0.4, -0.2) is 72.8 Å². The van der Waals surface area contributed by atoms with Gasteiger partial charge in [0.15, 0.2) is 0 Å².